The van der Waals surface area contributed by atoms with E-state index in [0.717, 1.165) is 56.7 Å². The molecule has 1 saturated heterocycles. The fraction of sp³-hybridized carbons (Fsp3) is 0.556. The van der Waals surface area contributed by atoms with Gasteiger partial charge in [0.25, 0.3) is 0 Å². The molecule has 0 aromatic carbocycles. The zero-order chi connectivity index (χ0) is 15.4. The van der Waals surface area contributed by atoms with Crippen molar-refractivity contribution >= 4 is 11.7 Å². The van der Waals surface area contributed by atoms with Crippen LogP contribution in [0.5, 0.6) is 0 Å². The van der Waals surface area contributed by atoms with Gasteiger partial charge in [0.1, 0.15) is 5.82 Å². The second kappa shape index (κ2) is 6.95. The highest BCUT2D eigenvalue weighted by Crippen LogP contribution is 2.21. The van der Waals surface area contributed by atoms with Gasteiger partial charge in [-0.05, 0) is 51.2 Å². The van der Waals surface area contributed by atoms with Crippen LogP contribution in [0.3, 0.4) is 0 Å². The van der Waals surface area contributed by atoms with Crippen LogP contribution >= 0.6 is 0 Å². The number of amides is 1. The Bertz CT molecular complexity index is 547. The van der Waals surface area contributed by atoms with Crippen molar-refractivity contribution in [3.8, 4) is 0 Å². The van der Waals surface area contributed by atoms with Gasteiger partial charge in [-0.25, -0.2) is 4.98 Å². The fourth-order valence-corrected chi connectivity index (χ4v) is 3.31. The molecule has 0 radical (unpaired) electrons. The number of carbonyl (C=O) groups excluding carboxylic acids is 1. The van der Waals surface area contributed by atoms with Gasteiger partial charge in [-0.15, -0.1) is 0 Å². The van der Waals surface area contributed by atoms with Crippen molar-refractivity contribution in [3.63, 3.8) is 0 Å². The molecule has 1 aromatic rings. The molecule has 1 aliphatic heterocycles. The highest BCUT2D eigenvalue weighted by atomic mass is 16.1. The van der Waals surface area contributed by atoms with Gasteiger partial charge < -0.3 is 10.2 Å². The lowest BCUT2D eigenvalue weighted by Gasteiger charge is -2.34. The number of nitrogens with one attached hydrogen (secondary N) is 1. The molecule has 1 aromatic heterocycles. The number of allylic oxidation sites excluding steroid dienone is 2. The van der Waals surface area contributed by atoms with E-state index >= 15 is 0 Å². The van der Waals surface area contributed by atoms with Gasteiger partial charge >= 0.3 is 0 Å². The van der Waals surface area contributed by atoms with Crippen molar-refractivity contribution in [2.45, 2.75) is 45.1 Å². The number of rotatable bonds is 3. The minimum absolute atomic E-state index is 0.182. The maximum absolute atomic E-state index is 12.3. The van der Waals surface area contributed by atoms with E-state index in [1.165, 1.54) is 0 Å². The molecule has 1 aliphatic carbocycles. The number of aryl methyl sites for hydroxylation is 1. The quantitative estimate of drug-likeness (QED) is 0.873. The average Bonchev–Trinajstić information content (AvgIpc) is 2.56. The predicted molar refractivity (Wildman–Crippen MR) is 88.8 cm³/mol. The molecule has 2 heterocycles. The van der Waals surface area contributed by atoms with Crippen LogP contribution in [0, 0.1) is 12.8 Å². The lowest BCUT2D eigenvalue weighted by atomic mass is 9.93. The average molecular weight is 299 g/mol. The molecule has 1 N–H and O–H groups in total. The lowest BCUT2D eigenvalue weighted by molar-refractivity contribution is -0.126. The van der Waals surface area contributed by atoms with Crippen molar-refractivity contribution < 1.29 is 4.79 Å². The van der Waals surface area contributed by atoms with Gasteiger partial charge in [-0.3, -0.25) is 4.79 Å². The summed E-state index contributed by atoms with van der Waals surface area (Å²) in [6.07, 6.45) is 9.26. The topological polar surface area (TPSA) is 45.2 Å². The Hall–Kier alpha value is -1.84. The zero-order valence-corrected chi connectivity index (χ0v) is 13.3. The number of anilines is 1. The van der Waals surface area contributed by atoms with Crippen molar-refractivity contribution in [2.24, 2.45) is 5.92 Å². The predicted octanol–water partition coefficient (Wildman–Crippen LogP) is 2.83. The SMILES string of the molecule is Cc1cccc(N2CCC(NC(=O)[C@H]3CC=CCC3)CC2)n1. The van der Waals surface area contributed by atoms with Crippen molar-refractivity contribution in [3.05, 3.63) is 36.0 Å². The number of pyridine rings is 1. The van der Waals surface area contributed by atoms with Crippen LogP contribution in [0.25, 0.3) is 0 Å². The Morgan fingerprint density at radius 3 is 2.73 bits per heavy atom. The van der Waals surface area contributed by atoms with Gasteiger partial charge in [0.15, 0.2) is 0 Å². The third-order valence-corrected chi connectivity index (χ3v) is 4.68. The van der Waals surface area contributed by atoms with E-state index in [0.29, 0.717) is 6.04 Å². The van der Waals surface area contributed by atoms with Crippen LogP contribution in [-0.2, 0) is 4.79 Å². The van der Waals surface area contributed by atoms with Crippen LogP contribution in [0.2, 0.25) is 0 Å². The number of aromatic nitrogens is 1. The van der Waals surface area contributed by atoms with E-state index in [1.807, 2.05) is 13.0 Å². The summed E-state index contributed by atoms with van der Waals surface area (Å²) >= 11 is 0. The smallest absolute Gasteiger partial charge is 0.223 e. The molecule has 4 heteroatoms. The molecule has 118 valence electrons. The molecule has 1 amide bonds. The summed E-state index contributed by atoms with van der Waals surface area (Å²) in [5.74, 6) is 1.49. The van der Waals surface area contributed by atoms with Gasteiger partial charge in [0.05, 0.1) is 0 Å². The highest BCUT2D eigenvalue weighted by Gasteiger charge is 2.25. The molecule has 0 saturated carbocycles. The number of hydrogen-bond donors (Lipinski definition) is 1. The summed E-state index contributed by atoms with van der Waals surface area (Å²) in [6.45, 7) is 3.95. The van der Waals surface area contributed by atoms with E-state index in [2.05, 4.69) is 39.5 Å². The standard InChI is InChI=1S/C18H25N3O/c1-14-6-5-9-17(19-14)21-12-10-16(11-13-21)20-18(22)15-7-3-2-4-8-15/h2-3,5-6,9,15-16H,4,7-8,10-13H2,1H3,(H,20,22)/t15-/m0/s1. The Labute approximate surface area is 132 Å². The Balaban J connectivity index is 1.49. The summed E-state index contributed by atoms with van der Waals surface area (Å²) in [5.41, 5.74) is 1.05. The Morgan fingerprint density at radius 2 is 2.05 bits per heavy atom. The molecule has 1 atom stereocenters. The first-order valence-electron chi connectivity index (χ1n) is 8.36. The van der Waals surface area contributed by atoms with E-state index in [4.69, 9.17) is 0 Å². The fourth-order valence-electron chi connectivity index (χ4n) is 3.31. The van der Waals surface area contributed by atoms with Crippen LogP contribution in [-0.4, -0.2) is 30.0 Å². The number of nitrogens with zero attached hydrogens (tertiary/aromatic N) is 2. The summed E-state index contributed by atoms with van der Waals surface area (Å²) in [4.78, 5) is 19.2. The molecule has 4 nitrogen and oxygen atoms in total. The van der Waals surface area contributed by atoms with Crippen molar-refractivity contribution in [1.82, 2.24) is 10.3 Å². The van der Waals surface area contributed by atoms with Gasteiger partial charge in [-0.2, -0.15) is 0 Å². The van der Waals surface area contributed by atoms with E-state index in [9.17, 15) is 4.79 Å². The summed E-state index contributed by atoms with van der Waals surface area (Å²) in [5, 5.41) is 3.25. The largest absolute Gasteiger partial charge is 0.356 e. The molecule has 0 bridgehead atoms. The first-order valence-corrected chi connectivity index (χ1v) is 8.36. The van der Waals surface area contributed by atoms with Crippen LogP contribution in [0.1, 0.15) is 37.8 Å². The highest BCUT2D eigenvalue weighted by molar-refractivity contribution is 5.79. The molecule has 0 unspecified atom stereocenters. The first kappa shape index (κ1) is 15.1. The number of carbonyl (C=O) groups is 1. The molecule has 1 fully saturated rings. The summed E-state index contributed by atoms with van der Waals surface area (Å²) in [7, 11) is 0. The maximum atomic E-state index is 12.3. The first-order chi connectivity index (χ1) is 10.7. The van der Waals surface area contributed by atoms with Gasteiger partial charge in [-0.1, -0.05) is 18.2 Å². The molecule has 0 spiro atoms. The molecular formula is C18H25N3O. The second-order valence-corrected chi connectivity index (χ2v) is 6.39. The summed E-state index contributed by atoms with van der Waals surface area (Å²) in [6, 6.07) is 6.47. The van der Waals surface area contributed by atoms with Crippen LogP contribution < -0.4 is 10.2 Å². The maximum Gasteiger partial charge on any atom is 0.223 e. The molecule has 22 heavy (non-hydrogen) atoms. The Kier molecular flexibility index (Phi) is 4.76. The number of hydrogen-bond acceptors (Lipinski definition) is 3. The van der Waals surface area contributed by atoms with Crippen molar-refractivity contribution in [2.75, 3.05) is 18.0 Å². The van der Waals surface area contributed by atoms with Gasteiger partial charge in [0.2, 0.25) is 5.91 Å². The van der Waals surface area contributed by atoms with Gasteiger partial charge in [0, 0.05) is 30.7 Å². The van der Waals surface area contributed by atoms with E-state index in [-0.39, 0.29) is 11.8 Å². The normalized spacial score (nSPS) is 22.6. The van der Waals surface area contributed by atoms with Crippen LogP contribution in [0.4, 0.5) is 5.82 Å². The molecular weight excluding hydrogens is 274 g/mol. The minimum Gasteiger partial charge on any atom is -0.356 e. The van der Waals surface area contributed by atoms with E-state index < -0.39 is 0 Å². The minimum atomic E-state index is 0.182. The second-order valence-electron chi connectivity index (χ2n) is 6.39. The third kappa shape index (κ3) is 3.67. The monoisotopic (exact) mass is 299 g/mol. The number of piperidine rings is 1. The summed E-state index contributed by atoms with van der Waals surface area (Å²) < 4.78 is 0. The third-order valence-electron chi connectivity index (χ3n) is 4.68. The molecule has 2 aliphatic rings. The van der Waals surface area contributed by atoms with Crippen molar-refractivity contribution in [1.29, 1.82) is 0 Å². The molecule has 3 rings (SSSR count). The van der Waals surface area contributed by atoms with Crippen LogP contribution in [0.15, 0.2) is 30.4 Å². The Morgan fingerprint density at radius 1 is 1.23 bits per heavy atom. The zero-order valence-electron chi connectivity index (χ0n) is 13.3. The lowest BCUT2D eigenvalue weighted by Crippen LogP contribution is -2.46. The van der Waals surface area contributed by atoms with E-state index in [1.54, 1.807) is 0 Å².